The molecule has 5 nitrogen and oxygen atoms in total. The van der Waals surface area contributed by atoms with Crippen molar-refractivity contribution >= 4 is 21.8 Å². The van der Waals surface area contributed by atoms with Gasteiger partial charge in [0.25, 0.3) is 5.91 Å². The number of hydrogen-bond donors (Lipinski definition) is 0. The number of ether oxygens (including phenoxy) is 3. The van der Waals surface area contributed by atoms with Gasteiger partial charge in [-0.25, -0.2) is 0 Å². The van der Waals surface area contributed by atoms with Crippen molar-refractivity contribution in [3.63, 3.8) is 0 Å². The molecule has 1 amide bonds. The van der Waals surface area contributed by atoms with E-state index in [-0.39, 0.29) is 18.6 Å². The third-order valence-electron chi connectivity index (χ3n) is 3.66. The lowest BCUT2D eigenvalue weighted by molar-refractivity contribution is -0.133. The van der Waals surface area contributed by atoms with Crippen LogP contribution in [0.1, 0.15) is 0 Å². The van der Waals surface area contributed by atoms with Crippen LogP contribution in [0, 0.1) is 0 Å². The molecule has 0 spiro atoms. The molecule has 0 saturated heterocycles. The predicted octanol–water partition coefficient (Wildman–Crippen LogP) is 3.13. The Labute approximate surface area is 149 Å². The minimum absolute atomic E-state index is 0.0245. The van der Waals surface area contributed by atoms with Gasteiger partial charge in [0.05, 0.1) is 11.0 Å². The van der Waals surface area contributed by atoms with Gasteiger partial charge in [-0.05, 0) is 40.2 Å². The fraction of sp³-hybridized carbons (Fsp3) is 0.278. The Morgan fingerprint density at radius 2 is 1.92 bits per heavy atom. The zero-order valence-corrected chi connectivity index (χ0v) is 14.9. The highest BCUT2D eigenvalue weighted by atomic mass is 79.9. The van der Waals surface area contributed by atoms with Gasteiger partial charge in [-0.15, -0.1) is 0 Å². The predicted molar refractivity (Wildman–Crippen MR) is 93.6 cm³/mol. The number of fused-ring (bicyclic) bond motifs is 1. The van der Waals surface area contributed by atoms with E-state index < -0.39 is 0 Å². The summed E-state index contributed by atoms with van der Waals surface area (Å²) in [6.45, 7) is 0.829. The standard InChI is InChI=1S/C18H18BrNO4/c1-20(18(21)12-23-15-7-3-2-6-14(15)19)10-13-11-22-16-8-4-5-9-17(16)24-13/h2-9,13H,10-12H2,1H3/t13-/m1/s1. The summed E-state index contributed by atoms with van der Waals surface area (Å²) in [6, 6.07) is 15.0. The SMILES string of the molecule is CN(C[C@@H]1COc2ccccc2O1)C(=O)COc1ccccc1Br. The third-order valence-corrected chi connectivity index (χ3v) is 4.31. The highest BCUT2D eigenvalue weighted by molar-refractivity contribution is 9.10. The van der Waals surface area contributed by atoms with E-state index in [1.165, 1.54) is 0 Å². The molecule has 3 rings (SSSR count). The number of hydrogen-bond acceptors (Lipinski definition) is 4. The van der Waals surface area contributed by atoms with Crippen molar-refractivity contribution in [1.29, 1.82) is 0 Å². The topological polar surface area (TPSA) is 48.0 Å². The van der Waals surface area contributed by atoms with Crippen LogP contribution in [0.2, 0.25) is 0 Å². The Hall–Kier alpha value is -2.21. The lowest BCUT2D eigenvalue weighted by Gasteiger charge is -2.29. The average molecular weight is 392 g/mol. The zero-order chi connectivity index (χ0) is 16.9. The summed E-state index contributed by atoms with van der Waals surface area (Å²) >= 11 is 3.39. The summed E-state index contributed by atoms with van der Waals surface area (Å²) in [5, 5.41) is 0. The molecule has 0 aliphatic carbocycles. The fourth-order valence-corrected chi connectivity index (χ4v) is 2.77. The van der Waals surface area contributed by atoms with Crippen LogP contribution in [0.5, 0.6) is 17.2 Å². The molecule has 1 aliphatic heterocycles. The first kappa shape index (κ1) is 16.6. The number of para-hydroxylation sites is 3. The maximum atomic E-state index is 12.2. The third kappa shape index (κ3) is 4.00. The molecule has 6 heteroatoms. The second kappa shape index (κ2) is 7.57. The highest BCUT2D eigenvalue weighted by Gasteiger charge is 2.23. The number of benzene rings is 2. The van der Waals surface area contributed by atoms with Gasteiger partial charge in [0.1, 0.15) is 12.4 Å². The Balaban J connectivity index is 1.51. The number of nitrogens with zero attached hydrogens (tertiary/aromatic N) is 1. The molecule has 1 aliphatic rings. The normalized spacial score (nSPS) is 15.7. The van der Waals surface area contributed by atoms with E-state index in [2.05, 4.69) is 15.9 Å². The summed E-state index contributed by atoms with van der Waals surface area (Å²) in [5.41, 5.74) is 0. The molecule has 2 aromatic carbocycles. The van der Waals surface area contributed by atoms with Gasteiger partial charge in [0.2, 0.25) is 0 Å². The molecular formula is C18H18BrNO4. The van der Waals surface area contributed by atoms with Crippen LogP contribution in [0.15, 0.2) is 53.0 Å². The molecule has 24 heavy (non-hydrogen) atoms. The van der Waals surface area contributed by atoms with Crippen LogP contribution in [-0.2, 0) is 4.79 Å². The van der Waals surface area contributed by atoms with Crippen molar-refractivity contribution in [3.05, 3.63) is 53.0 Å². The lowest BCUT2D eigenvalue weighted by atomic mass is 10.2. The number of carbonyl (C=O) groups is 1. The summed E-state index contributed by atoms with van der Waals surface area (Å²) < 4.78 is 17.9. The first-order valence-corrected chi connectivity index (χ1v) is 8.42. The molecule has 1 atom stereocenters. The van der Waals surface area contributed by atoms with Gasteiger partial charge in [0.15, 0.2) is 24.2 Å². The number of halogens is 1. The molecule has 0 aromatic heterocycles. The van der Waals surface area contributed by atoms with E-state index in [1.54, 1.807) is 11.9 Å². The van der Waals surface area contributed by atoms with Gasteiger partial charge in [0, 0.05) is 7.05 Å². The smallest absolute Gasteiger partial charge is 0.260 e. The maximum absolute atomic E-state index is 12.2. The van der Waals surface area contributed by atoms with E-state index >= 15 is 0 Å². The maximum Gasteiger partial charge on any atom is 0.260 e. The van der Waals surface area contributed by atoms with Crippen molar-refractivity contribution in [2.75, 3.05) is 26.8 Å². The molecule has 1 heterocycles. The largest absolute Gasteiger partial charge is 0.486 e. The first-order chi connectivity index (χ1) is 11.6. The summed E-state index contributed by atoms with van der Waals surface area (Å²) in [7, 11) is 1.73. The Morgan fingerprint density at radius 1 is 1.21 bits per heavy atom. The minimum atomic E-state index is -0.197. The van der Waals surface area contributed by atoms with Crippen molar-refractivity contribution in [2.45, 2.75) is 6.10 Å². The Bertz CT molecular complexity index is 722. The molecule has 0 N–H and O–H groups in total. The number of carbonyl (C=O) groups excluding carboxylic acids is 1. The molecule has 2 aromatic rings. The van der Waals surface area contributed by atoms with Gasteiger partial charge in [-0.2, -0.15) is 0 Å². The van der Waals surface area contributed by atoms with E-state index in [9.17, 15) is 4.79 Å². The highest BCUT2D eigenvalue weighted by Crippen LogP contribution is 2.31. The molecular weight excluding hydrogens is 374 g/mol. The lowest BCUT2D eigenvalue weighted by Crippen LogP contribution is -2.43. The van der Waals surface area contributed by atoms with Crippen LogP contribution < -0.4 is 14.2 Å². The van der Waals surface area contributed by atoms with Crippen LogP contribution in [0.4, 0.5) is 0 Å². The second-order valence-corrected chi connectivity index (χ2v) is 6.35. The van der Waals surface area contributed by atoms with Crippen LogP contribution in [0.25, 0.3) is 0 Å². The van der Waals surface area contributed by atoms with E-state index in [0.717, 1.165) is 10.2 Å². The molecule has 0 bridgehead atoms. The number of likely N-dealkylation sites (N-methyl/N-ethyl adjacent to an activating group) is 1. The van der Waals surface area contributed by atoms with Crippen LogP contribution in [0.3, 0.4) is 0 Å². The fourth-order valence-electron chi connectivity index (χ4n) is 2.37. The van der Waals surface area contributed by atoms with E-state index in [4.69, 9.17) is 14.2 Å². The average Bonchev–Trinajstić information content (AvgIpc) is 2.60. The van der Waals surface area contributed by atoms with Gasteiger partial charge >= 0.3 is 0 Å². The Kier molecular flexibility index (Phi) is 5.25. The molecule has 0 unspecified atom stereocenters. The summed E-state index contributed by atoms with van der Waals surface area (Å²) in [5.74, 6) is 1.97. The van der Waals surface area contributed by atoms with Crippen molar-refractivity contribution < 1.29 is 19.0 Å². The number of rotatable bonds is 5. The number of amides is 1. The zero-order valence-electron chi connectivity index (χ0n) is 13.3. The molecule has 0 saturated carbocycles. The summed E-state index contributed by atoms with van der Waals surface area (Å²) in [4.78, 5) is 13.8. The molecule has 126 valence electrons. The molecule has 0 fully saturated rings. The van der Waals surface area contributed by atoms with Crippen LogP contribution >= 0.6 is 15.9 Å². The molecule has 0 radical (unpaired) electrons. The van der Waals surface area contributed by atoms with Gasteiger partial charge in [-0.3, -0.25) is 4.79 Å². The Morgan fingerprint density at radius 3 is 2.71 bits per heavy atom. The van der Waals surface area contributed by atoms with Crippen molar-refractivity contribution in [2.24, 2.45) is 0 Å². The van der Waals surface area contributed by atoms with Gasteiger partial charge in [-0.1, -0.05) is 24.3 Å². The van der Waals surface area contributed by atoms with E-state index in [1.807, 2.05) is 48.5 Å². The van der Waals surface area contributed by atoms with Crippen LogP contribution in [-0.4, -0.2) is 43.7 Å². The van der Waals surface area contributed by atoms with E-state index in [0.29, 0.717) is 24.7 Å². The summed E-state index contributed by atoms with van der Waals surface area (Å²) in [6.07, 6.45) is -0.197. The van der Waals surface area contributed by atoms with Crippen molar-refractivity contribution in [3.8, 4) is 17.2 Å². The second-order valence-electron chi connectivity index (χ2n) is 5.49. The first-order valence-electron chi connectivity index (χ1n) is 7.63. The monoisotopic (exact) mass is 391 g/mol. The van der Waals surface area contributed by atoms with Gasteiger partial charge < -0.3 is 19.1 Å². The quantitative estimate of drug-likeness (QED) is 0.785. The minimum Gasteiger partial charge on any atom is -0.486 e. The van der Waals surface area contributed by atoms with Crippen molar-refractivity contribution in [1.82, 2.24) is 4.90 Å².